The molecular formula is C9H11F2NO3. The smallest absolute Gasteiger partial charge is 0.269 e. The number of rotatable bonds is 4. The number of methoxy groups -OCH3 is 2. The lowest BCUT2D eigenvalue weighted by atomic mass is 10.1. The third-order valence-electron chi connectivity index (χ3n) is 1.91. The van der Waals surface area contributed by atoms with Gasteiger partial charge in [0.1, 0.15) is 0 Å². The second-order valence-electron chi connectivity index (χ2n) is 2.68. The summed E-state index contributed by atoms with van der Waals surface area (Å²) in [6, 6.07) is 0. The third kappa shape index (κ3) is 2.15. The van der Waals surface area contributed by atoms with E-state index < -0.39 is 18.6 Å². The Bertz CT molecular complexity index is 344. The number of pyridine rings is 1. The second kappa shape index (κ2) is 4.88. The maximum Gasteiger partial charge on any atom is 0.269 e. The highest BCUT2D eigenvalue weighted by molar-refractivity contribution is 5.47. The standard InChI is InChI=1S/C9H11F2NO3/c1-14-6-3-12-5(4-13)7(9(10)11)8(6)15-2/h3,9,13H,4H2,1-2H3. The summed E-state index contributed by atoms with van der Waals surface area (Å²) in [5, 5.41) is 8.86. The van der Waals surface area contributed by atoms with Crippen molar-refractivity contribution in [2.45, 2.75) is 13.0 Å². The third-order valence-corrected chi connectivity index (χ3v) is 1.91. The topological polar surface area (TPSA) is 51.6 Å². The first kappa shape index (κ1) is 11.6. The number of hydrogen-bond donors (Lipinski definition) is 1. The molecule has 0 amide bonds. The molecule has 0 atom stereocenters. The van der Waals surface area contributed by atoms with Crippen molar-refractivity contribution in [2.75, 3.05) is 14.2 Å². The Morgan fingerprint density at radius 3 is 2.47 bits per heavy atom. The number of aliphatic hydroxyl groups is 1. The summed E-state index contributed by atoms with van der Waals surface area (Å²) in [4.78, 5) is 3.66. The summed E-state index contributed by atoms with van der Waals surface area (Å²) in [7, 11) is 2.58. The molecule has 0 aliphatic rings. The number of aliphatic hydroxyl groups excluding tert-OH is 1. The SMILES string of the molecule is COc1cnc(CO)c(C(F)F)c1OC. The average molecular weight is 219 g/mol. The predicted octanol–water partition coefficient (Wildman–Crippen LogP) is 1.53. The normalized spacial score (nSPS) is 10.5. The zero-order chi connectivity index (χ0) is 11.4. The van der Waals surface area contributed by atoms with Crippen LogP contribution in [-0.4, -0.2) is 24.3 Å². The van der Waals surface area contributed by atoms with E-state index in [4.69, 9.17) is 14.6 Å². The zero-order valence-electron chi connectivity index (χ0n) is 8.33. The second-order valence-corrected chi connectivity index (χ2v) is 2.68. The van der Waals surface area contributed by atoms with Crippen LogP contribution < -0.4 is 9.47 Å². The molecule has 1 aromatic rings. The molecule has 0 saturated carbocycles. The Hall–Kier alpha value is -1.43. The van der Waals surface area contributed by atoms with Gasteiger partial charge in [0.25, 0.3) is 6.43 Å². The van der Waals surface area contributed by atoms with Crippen LogP contribution >= 0.6 is 0 Å². The molecule has 1 N–H and O–H groups in total. The van der Waals surface area contributed by atoms with E-state index in [0.717, 1.165) is 0 Å². The number of hydrogen-bond acceptors (Lipinski definition) is 4. The molecule has 0 spiro atoms. The van der Waals surface area contributed by atoms with Gasteiger partial charge in [-0.05, 0) is 0 Å². The monoisotopic (exact) mass is 219 g/mol. The Balaban J connectivity index is 3.37. The maximum absolute atomic E-state index is 12.7. The summed E-state index contributed by atoms with van der Waals surface area (Å²) >= 11 is 0. The van der Waals surface area contributed by atoms with Gasteiger partial charge in [0.2, 0.25) is 0 Å². The summed E-state index contributed by atoms with van der Waals surface area (Å²) < 4.78 is 35.0. The van der Waals surface area contributed by atoms with Crippen molar-refractivity contribution >= 4 is 0 Å². The van der Waals surface area contributed by atoms with E-state index in [1.165, 1.54) is 20.4 Å². The minimum absolute atomic E-state index is 0.0912. The molecule has 84 valence electrons. The van der Waals surface area contributed by atoms with Crippen LogP contribution in [0.1, 0.15) is 17.7 Å². The first-order chi connectivity index (χ1) is 7.15. The van der Waals surface area contributed by atoms with Gasteiger partial charge >= 0.3 is 0 Å². The lowest BCUT2D eigenvalue weighted by Crippen LogP contribution is -2.04. The first-order valence-electron chi connectivity index (χ1n) is 4.14. The number of halogens is 2. The van der Waals surface area contributed by atoms with E-state index in [0.29, 0.717) is 0 Å². The number of ether oxygens (including phenoxy) is 2. The molecule has 0 bridgehead atoms. The van der Waals surface area contributed by atoms with E-state index in [2.05, 4.69) is 4.98 Å². The van der Waals surface area contributed by atoms with E-state index in [1.54, 1.807) is 0 Å². The van der Waals surface area contributed by atoms with Gasteiger partial charge in [-0.15, -0.1) is 0 Å². The molecule has 4 nitrogen and oxygen atoms in total. The summed E-state index contributed by atoms with van der Waals surface area (Å²) in [6.45, 7) is -0.569. The van der Waals surface area contributed by atoms with Gasteiger partial charge in [-0.1, -0.05) is 0 Å². The Labute approximate surface area is 85.5 Å². The molecule has 0 aliphatic heterocycles. The maximum atomic E-state index is 12.7. The van der Waals surface area contributed by atoms with Gasteiger partial charge < -0.3 is 14.6 Å². The van der Waals surface area contributed by atoms with E-state index in [9.17, 15) is 8.78 Å². The molecule has 0 aliphatic carbocycles. The van der Waals surface area contributed by atoms with E-state index >= 15 is 0 Å². The van der Waals surface area contributed by atoms with Crippen LogP contribution in [0.3, 0.4) is 0 Å². The first-order valence-corrected chi connectivity index (χ1v) is 4.14. The highest BCUT2D eigenvalue weighted by atomic mass is 19.3. The largest absolute Gasteiger partial charge is 0.492 e. The van der Waals surface area contributed by atoms with Crippen LogP contribution in [0.15, 0.2) is 6.20 Å². The molecule has 0 unspecified atom stereocenters. The van der Waals surface area contributed by atoms with Crippen LogP contribution in [-0.2, 0) is 6.61 Å². The summed E-state index contributed by atoms with van der Waals surface area (Å²) in [5.41, 5.74) is -0.540. The van der Waals surface area contributed by atoms with Crippen LogP contribution in [0.2, 0.25) is 0 Å². The van der Waals surface area contributed by atoms with Gasteiger partial charge in [-0.25, -0.2) is 8.78 Å². The molecule has 0 aromatic carbocycles. The van der Waals surface area contributed by atoms with Crippen molar-refractivity contribution in [2.24, 2.45) is 0 Å². The van der Waals surface area contributed by atoms with Gasteiger partial charge in [-0.3, -0.25) is 4.98 Å². The van der Waals surface area contributed by atoms with Gasteiger partial charge in [0.15, 0.2) is 11.5 Å². The fraction of sp³-hybridized carbons (Fsp3) is 0.444. The van der Waals surface area contributed by atoms with E-state index in [-0.39, 0.29) is 17.2 Å². The van der Waals surface area contributed by atoms with E-state index in [1.807, 2.05) is 0 Å². The minimum Gasteiger partial charge on any atom is -0.492 e. The van der Waals surface area contributed by atoms with Gasteiger partial charge in [0.05, 0.1) is 38.3 Å². The fourth-order valence-corrected chi connectivity index (χ4v) is 1.24. The van der Waals surface area contributed by atoms with Crippen molar-refractivity contribution in [1.29, 1.82) is 0 Å². The molecule has 6 heteroatoms. The number of nitrogens with zero attached hydrogens (tertiary/aromatic N) is 1. The molecule has 1 rings (SSSR count). The van der Waals surface area contributed by atoms with Crippen LogP contribution in [0.5, 0.6) is 11.5 Å². The number of aromatic nitrogens is 1. The molecule has 0 fully saturated rings. The predicted molar refractivity (Wildman–Crippen MR) is 48.2 cm³/mol. The van der Waals surface area contributed by atoms with Crippen molar-refractivity contribution in [3.05, 3.63) is 17.5 Å². The Morgan fingerprint density at radius 1 is 1.40 bits per heavy atom. The van der Waals surface area contributed by atoms with Crippen molar-refractivity contribution in [3.8, 4) is 11.5 Å². The lowest BCUT2D eigenvalue weighted by molar-refractivity contribution is 0.140. The van der Waals surface area contributed by atoms with Crippen LogP contribution in [0.4, 0.5) is 8.78 Å². The van der Waals surface area contributed by atoms with Crippen LogP contribution in [0.25, 0.3) is 0 Å². The molecular weight excluding hydrogens is 208 g/mol. The summed E-state index contributed by atoms with van der Waals surface area (Å²) in [5.74, 6) is 0.0246. The molecule has 0 radical (unpaired) electrons. The summed E-state index contributed by atoms with van der Waals surface area (Å²) in [6.07, 6.45) is -1.54. The quantitative estimate of drug-likeness (QED) is 0.834. The average Bonchev–Trinajstić information content (AvgIpc) is 2.26. The Morgan fingerprint density at radius 2 is 2.07 bits per heavy atom. The van der Waals surface area contributed by atoms with Crippen molar-refractivity contribution in [1.82, 2.24) is 4.98 Å². The molecule has 15 heavy (non-hydrogen) atoms. The highest BCUT2D eigenvalue weighted by Crippen LogP contribution is 2.38. The zero-order valence-corrected chi connectivity index (χ0v) is 8.33. The van der Waals surface area contributed by atoms with Crippen molar-refractivity contribution in [3.63, 3.8) is 0 Å². The number of alkyl halides is 2. The van der Waals surface area contributed by atoms with Gasteiger partial charge in [-0.2, -0.15) is 0 Å². The molecule has 1 heterocycles. The highest BCUT2D eigenvalue weighted by Gasteiger charge is 2.23. The molecule has 0 saturated heterocycles. The van der Waals surface area contributed by atoms with Crippen molar-refractivity contribution < 1.29 is 23.4 Å². The molecule has 1 aromatic heterocycles. The lowest BCUT2D eigenvalue weighted by Gasteiger charge is -2.14. The minimum atomic E-state index is -2.77. The van der Waals surface area contributed by atoms with Crippen LogP contribution in [0, 0.1) is 0 Å². The fourth-order valence-electron chi connectivity index (χ4n) is 1.24. The van der Waals surface area contributed by atoms with Gasteiger partial charge in [0, 0.05) is 0 Å². The Kier molecular flexibility index (Phi) is 3.79.